The van der Waals surface area contributed by atoms with Gasteiger partial charge in [-0.2, -0.15) is 0 Å². The van der Waals surface area contributed by atoms with Crippen LogP contribution in [0, 0.1) is 0 Å². The fraction of sp³-hybridized carbons (Fsp3) is 0.269. The molecule has 0 aliphatic carbocycles. The van der Waals surface area contributed by atoms with E-state index in [-0.39, 0.29) is 25.8 Å². The van der Waals surface area contributed by atoms with Crippen LogP contribution in [0.3, 0.4) is 0 Å². The normalized spacial score (nSPS) is 14.4. The lowest BCUT2D eigenvalue weighted by molar-refractivity contribution is -0.162. The molecule has 2 heterocycles. The molecule has 1 aromatic heterocycles. The Morgan fingerprint density at radius 1 is 1.05 bits per heavy atom. The van der Waals surface area contributed by atoms with Gasteiger partial charge >= 0.3 is 24.1 Å². The molecule has 0 saturated carbocycles. The maximum absolute atomic E-state index is 12.3. The summed E-state index contributed by atoms with van der Waals surface area (Å²) in [5.41, 5.74) is 1.75. The number of hydrogen-bond donors (Lipinski definition) is 2. The van der Waals surface area contributed by atoms with Crippen molar-refractivity contribution in [3.05, 3.63) is 84.2 Å². The summed E-state index contributed by atoms with van der Waals surface area (Å²) in [7, 11) is 1.26. The zero-order valence-electron chi connectivity index (χ0n) is 20.9. The van der Waals surface area contributed by atoms with Crippen LogP contribution in [0.2, 0.25) is 0 Å². The summed E-state index contributed by atoms with van der Waals surface area (Å²) in [6.45, 7) is 2.05. The van der Waals surface area contributed by atoms with Crippen LogP contribution in [0.25, 0.3) is 0 Å². The van der Waals surface area contributed by atoms with Gasteiger partial charge in [0.05, 0.1) is 7.11 Å². The SMILES string of the molecule is COC(=O)[C@H](C)N(C(=O)OCc1ccccc1)c1ncc[nH]1.O=C(N[C@H]1COC1=O)OCc1ccccc1. The number of anilines is 1. The average molecular weight is 525 g/mol. The molecule has 2 amide bonds. The molecule has 1 aliphatic heterocycles. The van der Waals surface area contributed by atoms with Crippen LogP contribution < -0.4 is 10.2 Å². The summed E-state index contributed by atoms with van der Waals surface area (Å²) < 4.78 is 19.3. The molecule has 38 heavy (non-hydrogen) atoms. The predicted octanol–water partition coefficient (Wildman–Crippen LogP) is 2.95. The monoisotopic (exact) mass is 524 g/mol. The van der Waals surface area contributed by atoms with E-state index < -0.39 is 36.2 Å². The van der Waals surface area contributed by atoms with E-state index in [1.807, 2.05) is 60.7 Å². The number of ether oxygens (including phenoxy) is 4. The molecule has 2 N–H and O–H groups in total. The maximum Gasteiger partial charge on any atom is 0.417 e. The number of aromatic amines is 1. The number of nitrogens with one attached hydrogen (secondary N) is 2. The van der Waals surface area contributed by atoms with Crippen LogP contribution in [-0.2, 0) is 41.8 Å². The Hall–Kier alpha value is -4.87. The summed E-state index contributed by atoms with van der Waals surface area (Å²) in [6.07, 6.45) is 1.75. The number of aromatic nitrogens is 2. The van der Waals surface area contributed by atoms with E-state index in [0.717, 1.165) is 16.0 Å². The molecule has 1 fully saturated rings. The number of H-pyrrole nitrogens is 1. The highest BCUT2D eigenvalue weighted by atomic mass is 16.6. The third-order valence-electron chi connectivity index (χ3n) is 5.23. The quantitative estimate of drug-likeness (QED) is 0.335. The fourth-order valence-corrected chi connectivity index (χ4v) is 3.12. The number of cyclic esters (lactones) is 1. The van der Waals surface area contributed by atoms with Gasteiger partial charge in [-0.25, -0.2) is 29.1 Å². The number of hydrogen-bond acceptors (Lipinski definition) is 9. The second kappa shape index (κ2) is 14.0. The Bertz CT molecular complexity index is 1190. The molecule has 0 unspecified atom stereocenters. The molecule has 3 aromatic rings. The van der Waals surface area contributed by atoms with E-state index in [0.29, 0.717) is 0 Å². The van der Waals surface area contributed by atoms with Gasteiger partial charge in [0, 0.05) is 12.4 Å². The van der Waals surface area contributed by atoms with Gasteiger partial charge in [0.15, 0.2) is 6.04 Å². The van der Waals surface area contributed by atoms with E-state index in [9.17, 15) is 19.2 Å². The number of benzene rings is 2. The Labute approximate surface area is 218 Å². The Kier molecular flexibility index (Phi) is 10.2. The number of rotatable bonds is 8. The van der Waals surface area contributed by atoms with Gasteiger partial charge in [-0.1, -0.05) is 60.7 Å². The van der Waals surface area contributed by atoms with Crippen LogP contribution in [0.5, 0.6) is 0 Å². The Balaban J connectivity index is 0.000000221. The maximum atomic E-state index is 12.3. The van der Waals surface area contributed by atoms with Gasteiger partial charge in [0.2, 0.25) is 5.95 Å². The summed E-state index contributed by atoms with van der Waals surface area (Å²) >= 11 is 0. The summed E-state index contributed by atoms with van der Waals surface area (Å²) in [4.78, 5) is 53.9. The second-order valence-electron chi connectivity index (χ2n) is 7.91. The van der Waals surface area contributed by atoms with Crippen molar-refractivity contribution in [1.29, 1.82) is 0 Å². The van der Waals surface area contributed by atoms with E-state index in [1.54, 1.807) is 6.20 Å². The molecule has 200 valence electrons. The molecule has 12 nitrogen and oxygen atoms in total. The first-order valence-electron chi connectivity index (χ1n) is 11.6. The lowest BCUT2D eigenvalue weighted by atomic mass is 10.2. The molecule has 0 spiro atoms. The molecular formula is C26H28N4O8. The first-order chi connectivity index (χ1) is 18.4. The van der Waals surface area contributed by atoms with Crippen LogP contribution in [-0.4, -0.2) is 59.9 Å². The minimum absolute atomic E-state index is 0.102. The highest BCUT2D eigenvalue weighted by Gasteiger charge is 2.33. The average Bonchev–Trinajstić information content (AvgIpc) is 3.48. The van der Waals surface area contributed by atoms with Crippen LogP contribution in [0.15, 0.2) is 73.1 Å². The molecule has 2 atom stereocenters. The van der Waals surface area contributed by atoms with Crippen LogP contribution in [0.1, 0.15) is 18.1 Å². The molecule has 0 bridgehead atoms. The highest BCUT2D eigenvalue weighted by molar-refractivity contribution is 5.93. The number of imidazole rings is 1. The van der Waals surface area contributed by atoms with Crippen LogP contribution in [0.4, 0.5) is 15.5 Å². The van der Waals surface area contributed by atoms with E-state index in [4.69, 9.17) is 9.47 Å². The number of nitrogens with zero attached hydrogens (tertiary/aromatic N) is 2. The van der Waals surface area contributed by atoms with Gasteiger partial charge in [0.1, 0.15) is 25.9 Å². The summed E-state index contributed by atoms with van der Waals surface area (Å²) in [5, 5.41) is 2.40. The Morgan fingerprint density at radius 2 is 1.66 bits per heavy atom. The number of alkyl carbamates (subject to hydrolysis) is 1. The predicted molar refractivity (Wildman–Crippen MR) is 134 cm³/mol. The number of methoxy groups -OCH3 is 1. The molecule has 4 rings (SSSR count). The van der Waals surface area contributed by atoms with Crippen molar-refractivity contribution >= 4 is 30.1 Å². The standard InChI is InChI=1S/C15H17N3O4.C11H11NO4/c1-11(13(19)21-2)18(14-16-8-9-17-14)15(20)22-10-12-6-4-3-5-7-12;13-10-9(7-15-10)12-11(14)16-6-8-4-2-1-3-5-8/h3-9,11H,10H2,1-2H3,(H,16,17);1-5,9H,6-7H2,(H,12,14)/t11-;9-/m00/s1. The number of amides is 2. The van der Waals surface area contributed by atoms with Gasteiger partial charge in [-0.05, 0) is 18.1 Å². The molecule has 2 aromatic carbocycles. The van der Waals surface area contributed by atoms with Crippen molar-refractivity contribution in [1.82, 2.24) is 15.3 Å². The van der Waals surface area contributed by atoms with Crippen molar-refractivity contribution in [3.8, 4) is 0 Å². The minimum atomic E-state index is -0.862. The van der Waals surface area contributed by atoms with E-state index in [2.05, 4.69) is 24.8 Å². The molecule has 0 radical (unpaired) electrons. The van der Waals surface area contributed by atoms with Crippen molar-refractivity contribution in [2.75, 3.05) is 18.6 Å². The largest absolute Gasteiger partial charge is 0.467 e. The summed E-state index contributed by atoms with van der Waals surface area (Å²) in [5.74, 6) is -0.763. The first-order valence-corrected chi connectivity index (χ1v) is 11.6. The lowest BCUT2D eigenvalue weighted by Gasteiger charge is -2.24. The van der Waals surface area contributed by atoms with Crippen molar-refractivity contribution < 1.29 is 38.1 Å². The number of esters is 2. The van der Waals surface area contributed by atoms with Gasteiger partial charge in [-0.15, -0.1) is 0 Å². The van der Waals surface area contributed by atoms with Gasteiger partial charge in [0.25, 0.3) is 0 Å². The van der Waals surface area contributed by atoms with Gasteiger partial charge in [-0.3, -0.25) is 0 Å². The topological polar surface area (TPSA) is 149 Å². The second-order valence-corrected chi connectivity index (χ2v) is 7.91. The number of carbonyl (C=O) groups excluding carboxylic acids is 4. The van der Waals surface area contributed by atoms with E-state index in [1.165, 1.54) is 20.2 Å². The summed E-state index contributed by atoms with van der Waals surface area (Å²) in [6, 6.07) is 17.2. The minimum Gasteiger partial charge on any atom is -0.467 e. The molecule has 1 aliphatic rings. The molecule has 1 saturated heterocycles. The smallest absolute Gasteiger partial charge is 0.417 e. The first kappa shape index (κ1) is 27.7. The van der Waals surface area contributed by atoms with Crippen LogP contribution >= 0.6 is 0 Å². The fourth-order valence-electron chi connectivity index (χ4n) is 3.12. The third kappa shape index (κ3) is 8.08. The zero-order chi connectivity index (χ0) is 27.3. The third-order valence-corrected chi connectivity index (χ3v) is 5.23. The van der Waals surface area contributed by atoms with Crippen molar-refractivity contribution in [3.63, 3.8) is 0 Å². The molecular weight excluding hydrogens is 496 g/mol. The molecule has 12 heteroatoms. The highest BCUT2D eigenvalue weighted by Crippen LogP contribution is 2.15. The number of carbonyl (C=O) groups is 4. The van der Waals surface area contributed by atoms with Crippen molar-refractivity contribution in [2.45, 2.75) is 32.2 Å². The lowest BCUT2D eigenvalue weighted by Crippen LogP contribution is -2.52. The van der Waals surface area contributed by atoms with E-state index >= 15 is 0 Å². The Morgan fingerprint density at radius 3 is 2.13 bits per heavy atom. The zero-order valence-corrected chi connectivity index (χ0v) is 20.9. The van der Waals surface area contributed by atoms with Gasteiger partial charge < -0.3 is 29.2 Å². The van der Waals surface area contributed by atoms with Crippen molar-refractivity contribution in [2.24, 2.45) is 0 Å².